The molecule has 0 amide bonds. The van der Waals surface area contributed by atoms with Crippen molar-refractivity contribution in [3.63, 3.8) is 0 Å². The SMILES string of the molecule is O=[N+]([O-])C1(Cl)C=CCc2c1nnn2O. The fourth-order valence-corrected chi connectivity index (χ4v) is 1.53. The third-order valence-electron chi connectivity index (χ3n) is 1.99. The number of halogens is 1. The van der Waals surface area contributed by atoms with Crippen LogP contribution in [0.1, 0.15) is 11.4 Å². The molecule has 0 aromatic carbocycles. The first-order valence-electron chi connectivity index (χ1n) is 3.71. The standard InChI is InChI=1S/C6H5ClN4O3/c7-6(11(13)14)3-1-2-4-5(6)8-9-10(4)12/h1,3,12H,2H2. The van der Waals surface area contributed by atoms with Gasteiger partial charge in [-0.05, 0) is 16.8 Å². The Hall–Kier alpha value is -1.63. The highest BCUT2D eigenvalue weighted by molar-refractivity contribution is 6.24. The number of fused-ring (bicyclic) bond motifs is 1. The number of nitrogens with zero attached hydrogens (tertiary/aromatic N) is 4. The van der Waals surface area contributed by atoms with Gasteiger partial charge in [-0.1, -0.05) is 10.9 Å². The van der Waals surface area contributed by atoms with Crippen molar-refractivity contribution < 1.29 is 10.1 Å². The van der Waals surface area contributed by atoms with Crippen molar-refractivity contribution in [3.8, 4) is 0 Å². The molecular formula is C6H5ClN4O3. The van der Waals surface area contributed by atoms with E-state index < -0.39 is 9.92 Å². The van der Waals surface area contributed by atoms with Gasteiger partial charge in [0.1, 0.15) is 5.69 Å². The van der Waals surface area contributed by atoms with Crippen LogP contribution in [0.25, 0.3) is 0 Å². The molecule has 0 fully saturated rings. The molecule has 1 aliphatic carbocycles. The summed E-state index contributed by atoms with van der Waals surface area (Å²) >= 11 is 5.74. The number of hydrogen-bond donors (Lipinski definition) is 1. The van der Waals surface area contributed by atoms with Crippen molar-refractivity contribution in [1.82, 2.24) is 15.2 Å². The van der Waals surface area contributed by atoms with E-state index in [9.17, 15) is 10.1 Å². The number of rotatable bonds is 1. The van der Waals surface area contributed by atoms with Crippen LogP contribution in [0.4, 0.5) is 0 Å². The minimum atomic E-state index is -1.91. The van der Waals surface area contributed by atoms with Gasteiger partial charge in [0.05, 0.1) is 4.92 Å². The van der Waals surface area contributed by atoms with E-state index in [1.54, 1.807) is 0 Å². The largest absolute Gasteiger partial charge is 0.410 e. The Morgan fingerprint density at radius 1 is 1.79 bits per heavy atom. The molecule has 14 heavy (non-hydrogen) atoms. The molecule has 1 aromatic rings. The van der Waals surface area contributed by atoms with Crippen molar-refractivity contribution in [2.24, 2.45) is 0 Å². The van der Waals surface area contributed by atoms with E-state index in [1.165, 1.54) is 12.2 Å². The Balaban J connectivity index is 2.61. The van der Waals surface area contributed by atoms with Crippen LogP contribution in [0.2, 0.25) is 0 Å². The van der Waals surface area contributed by atoms with Crippen LogP contribution < -0.4 is 0 Å². The van der Waals surface area contributed by atoms with Gasteiger partial charge in [-0.2, -0.15) is 0 Å². The van der Waals surface area contributed by atoms with Gasteiger partial charge in [0, 0.05) is 12.5 Å². The summed E-state index contributed by atoms with van der Waals surface area (Å²) in [5, 5.41) is 26.6. The molecular weight excluding hydrogens is 212 g/mol. The second-order valence-electron chi connectivity index (χ2n) is 2.81. The van der Waals surface area contributed by atoms with Crippen LogP contribution in [-0.2, 0) is 11.4 Å². The first-order valence-corrected chi connectivity index (χ1v) is 4.09. The summed E-state index contributed by atoms with van der Waals surface area (Å²) in [5.41, 5.74) is 0.202. The monoisotopic (exact) mass is 216 g/mol. The van der Waals surface area contributed by atoms with Crippen molar-refractivity contribution in [2.45, 2.75) is 11.4 Å². The molecule has 1 heterocycles. The zero-order valence-electron chi connectivity index (χ0n) is 6.79. The lowest BCUT2D eigenvalue weighted by Crippen LogP contribution is -2.30. The van der Waals surface area contributed by atoms with Crippen molar-refractivity contribution in [1.29, 1.82) is 0 Å². The third kappa shape index (κ3) is 0.987. The molecule has 74 valence electrons. The van der Waals surface area contributed by atoms with Gasteiger partial charge in [0.25, 0.3) is 0 Å². The highest BCUT2D eigenvalue weighted by atomic mass is 35.5. The molecule has 0 radical (unpaired) electrons. The molecule has 1 aromatic heterocycles. The maximum Gasteiger partial charge on any atom is 0.359 e. The summed E-state index contributed by atoms with van der Waals surface area (Å²) in [4.78, 5) is 8.62. The Bertz CT molecular complexity index is 429. The molecule has 1 aliphatic rings. The number of allylic oxidation sites excluding steroid dienone is 1. The Morgan fingerprint density at radius 2 is 2.50 bits per heavy atom. The van der Waals surface area contributed by atoms with Gasteiger partial charge >= 0.3 is 5.00 Å². The van der Waals surface area contributed by atoms with Crippen molar-refractivity contribution in [2.75, 3.05) is 0 Å². The van der Waals surface area contributed by atoms with Gasteiger partial charge in [0.2, 0.25) is 0 Å². The summed E-state index contributed by atoms with van der Waals surface area (Å²) in [6.45, 7) is 0. The fourth-order valence-electron chi connectivity index (χ4n) is 1.30. The van der Waals surface area contributed by atoms with Crippen LogP contribution >= 0.6 is 11.6 Å². The molecule has 0 aliphatic heterocycles. The zero-order chi connectivity index (χ0) is 10.3. The summed E-state index contributed by atoms with van der Waals surface area (Å²) in [6.07, 6.45) is 3.04. The van der Waals surface area contributed by atoms with Gasteiger partial charge in [0.15, 0.2) is 5.69 Å². The second-order valence-corrected chi connectivity index (χ2v) is 3.39. The zero-order valence-corrected chi connectivity index (χ0v) is 7.55. The average molecular weight is 217 g/mol. The molecule has 1 N–H and O–H groups in total. The van der Waals surface area contributed by atoms with Gasteiger partial charge in [-0.25, -0.2) is 0 Å². The predicted octanol–water partition coefficient (Wildman–Crippen LogP) is 0.296. The van der Waals surface area contributed by atoms with E-state index >= 15 is 0 Å². The minimum Gasteiger partial charge on any atom is -0.410 e. The van der Waals surface area contributed by atoms with E-state index in [0.717, 1.165) is 0 Å². The minimum absolute atomic E-state index is 0.0332. The fraction of sp³-hybridized carbons (Fsp3) is 0.333. The van der Waals surface area contributed by atoms with Crippen LogP contribution in [0.15, 0.2) is 12.2 Å². The lowest BCUT2D eigenvalue weighted by Gasteiger charge is -2.15. The highest BCUT2D eigenvalue weighted by Gasteiger charge is 2.47. The molecule has 0 saturated heterocycles. The predicted molar refractivity (Wildman–Crippen MR) is 44.6 cm³/mol. The number of aromatic nitrogens is 3. The molecule has 0 spiro atoms. The van der Waals surface area contributed by atoms with E-state index in [4.69, 9.17) is 16.8 Å². The smallest absolute Gasteiger partial charge is 0.359 e. The third-order valence-corrected chi connectivity index (χ3v) is 2.43. The van der Waals surface area contributed by atoms with Crippen LogP contribution in [-0.4, -0.2) is 25.3 Å². The van der Waals surface area contributed by atoms with Crippen LogP contribution in [0.5, 0.6) is 0 Å². The summed E-state index contributed by atoms with van der Waals surface area (Å²) in [6, 6.07) is 0. The highest BCUT2D eigenvalue weighted by Crippen LogP contribution is 2.35. The normalized spacial score (nSPS) is 24.6. The molecule has 2 rings (SSSR count). The van der Waals surface area contributed by atoms with Gasteiger partial charge in [-0.3, -0.25) is 10.1 Å². The summed E-state index contributed by atoms with van der Waals surface area (Å²) in [7, 11) is 0. The lowest BCUT2D eigenvalue weighted by molar-refractivity contribution is -0.536. The molecule has 8 heteroatoms. The van der Waals surface area contributed by atoms with Crippen molar-refractivity contribution in [3.05, 3.63) is 33.7 Å². The van der Waals surface area contributed by atoms with Gasteiger partial charge < -0.3 is 5.21 Å². The first-order chi connectivity index (χ1) is 6.55. The van der Waals surface area contributed by atoms with Crippen LogP contribution in [0, 0.1) is 10.1 Å². The van der Waals surface area contributed by atoms with Crippen molar-refractivity contribution >= 4 is 11.6 Å². The topological polar surface area (TPSA) is 94.1 Å². The van der Waals surface area contributed by atoms with E-state index in [0.29, 0.717) is 11.3 Å². The number of nitro groups is 1. The Labute approximate surface area is 82.7 Å². The van der Waals surface area contributed by atoms with Gasteiger partial charge in [-0.15, -0.1) is 5.10 Å². The maximum absolute atomic E-state index is 10.7. The average Bonchev–Trinajstić information content (AvgIpc) is 2.50. The second kappa shape index (κ2) is 2.68. The Morgan fingerprint density at radius 3 is 3.14 bits per heavy atom. The maximum atomic E-state index is 10.7. The lowest BCUT2D eigenvalue weighted by atomic mass is 10.0. The molecule has 1 unspecified atom stereocenters. The molecule has 0 bridgehead atoms. The van der Waals surface area contributed by atoms with E-state index in [2.05, 4.69) is 10.3 Å². The van der Waals surface area contributed by atoms with E-state index in [-0.39, 0.29) is 11.4 Å². The quantitative estimate of drug-likeness (QED) is 0.182. The molecule has 0 saturated carbocycles. The molecule has 7 nitrogen and oxygen atoms in total. The first kappa shape index (κ1) is 8.95. The summed E-state index contributed by atoms with van der Waals surface area (Å²) < 4.78 is 0. The van der Waals surface area contributed by atoms with E-state index in [1.807, 2.05) is 0 Å². The number of alkyl halides is 1. The molecule has 1 atom stereocenters. The summed E-state index contributed by atoms with van der Waals surface area (Å²) in [5.74, 6) is 0. The van der Waals surface area contributed by atoms with Crippen LogP contribution in [0.3, 0.4) is 0 Å². The number of hydrogen-bond acceptors (Lipinski definition) is 5. The Kier molecular flexibility index (Phi) is 1.71.